The number of hydrogen-bond donors (Lipinski definition) is 3. The lowest BCUT2D eigenvalue weighted by molar-refractivity contribution is -0.130. The number of carbonyl (C=O) groups excluding carboxylic acids is 1. The van der Waals surface area contributed by atoms with Crippen LogP contribution in [0, 0.1) is 5.41 Å². The number of carboxylic acid groups (broad SMARTS) is 1. The van der Waals surface area contributed by atoms with Crippen molar-refractivity contribution in [3.63, 3.8) is 0 Å². The number of nitrogens with one attached hydrogen (secondary N) is 1. The van der Waals surface area contributed by atoms with Crippen LogP contribution in [0.2, 0.25) is 0 Å². The minimum Gasteiger partial charge on any atom is -0.465 e. The van der Waals surface area contributed by atoms with Crippen LogP contribution in [-0.4, -0.2) is 58.2 Å². The van der Waals surface area contributed by atoms with Gasteiger partial charge in [0.15, 0.2) is 0 Å². The van der Waals surface area contributed by atoms with Crippen LogP contribution in [0.3, 0.4) is 0 Å². The molecule has 1 aromatic rings. The minimum absolute atomic E-state index is 0.0350. The number of hydrogen-bond acceptors (Lipinski definition) is 3. The van der Waals surface area contributed by atoms with Gasteiger partial charge < -0.3 is 15.5 Å². The van der Waals surface area contributed by atoms with E-state index in [1.54, 1.807) is 20.8 Å². The Morgan fingerprint density at radius 2 is 1.80 bits per heavy atom. The molecule has 0 radical (unpaired) electrons. The third kappa shape index (κ3) is 6.21. The molecule has 0 heterocycles. The first kappa shape index (κ1) is 21.3. The van der Waals surface area contributed by atoms with Gasteiger partial charge in [0.05, 0.1) is 18.0 Å². The Labute approximate surface area is 153 Å². The van der Waals surface area contributed by atoms with Crippen LogP contribution in [0.5, 0.6) is 0 Å². The summed E-state index contributed by atoms with van der Waals surface area (Å²) >= 11 is 5.77. The van der Waals surface area contributed by atoms with E-state index in [9.17, 15) is 19.8 Å². The number of rotatable bonds is 7. The molecule has 2 amide bonds. The molecular weight excluding hydrogens is 344 g/mol. The van der Waals surface area contributed by atoms with E-state index in [1.807, 2.05) is 30.3 Å². The fourth-order valence-corrected chi connectivity index (χ4v) is 3.00. The highest BCUT2D eigenvalue weighted by atomic mass is 35.5. The molecule has 0 unspecified atom stereocenters. The Morgan fingerprint density at radius 1 is 1.24 bits per heavy atom. The van der Waals surface area contributed by atoms with Gasteiger partial charge in [-0.1, -0.05) is 51.1 Å². The molecule has 0 fully saturated rings. The topological polar surface area (TPSA) is 89.9 Å². The van der Waals surface area contributed by atoms with E-state index in [4.69, 9.17) is 11.6 Å². The number of likely N-dealkylation sites (N-methyl/N-ethyl adjacent to an activating group) is 1. The van der Waals surface area contributed by atoms with Gasteiger partial charge >= 0.3 is 6.09 Å². The molecule has 3 atom stereocenters. The highest BCUT2D eigenvalue weighted by molar-refractivity contribution is 6.18. The number of benzene rings is 1. The van der Waals surface area contributed by atoms with Crippen LogP contribution in [0.25, 0.3) is 0 Å². The van der Waals surface area contributed by atoms with Crippen molar-refractivity contribution < 1.29 is 19.8 Å². The molecule has 7 heteroatoms. The summed E-state index contributed by atoms with van der Waals surface area (Å²) in [5.74, 6) is -0.491. The van der Waals surface area contributed by atoms with Crippen LogP contribution in [0.15, 0.2) is 30.3 Å². The SMILES string of the molecule is CN(C(=O)O)[C@H](C(=O)N[C@@H](Cc1ccccc1)[C@@H](O)CCl)C(C)(C)C. The summed E-state index contributed by atoms with van der Waals surface area (Å²) in [6.07, 6.45) is -1.73. The second-order valence-corrected chi connectivity index (χ2v) is 7.50. The lowest BCUT2D eigenvalue weighted by Gasteiger charge is -2.36. The Morgan fingerprint density at radius 3 is 2.24 bits per heavy atom. The van der Waals surface area contributed by atoms with Crippen LogP contribution in [-0.2, 0) is 11.2 Å². The summed E-state index contributed by atoms with van der Waals surface area (Å²) in [7, 11) is 1.36. The molecular formula is C18H27ClN2O4. The maximum absolute atomic E-state index is 12.8. The smallest absolute Gasteiger partial charge is 0.407 e. The number of halogens is 1. The molecule has 0 aliphatic heterocycles. The van der Waals surface area contributed by atoms with Crippen molar-refractivity contribution in [2.45, 2.75) is 45.4 Å². The van der Waals surface area contributed by atoms with Crippen LogP contribution >= 0.6 is 11.6 Å². The molecule has 140 valence electrons. The second kappa shape index (κ2) is 9.06. The monoisotopic (exact) mass is 370 g/mol. The number of aliphatic hydroxyl groups is 1. The molecule has 0 aromatic heterocycles. The first-order valence-corrected chi connectivity index (χ1v) is 8.65. The van der Waals surface area contributed by atoms with Crippen LogP contribution < -0.4 is 5.32 Å². The Bertz CT molecular complexity index is 574. The zero-order valence-corrected chi connectivity index (χ0v) is 15.8. The Hall–Kier alpha value is -1.79. The minimum atomic E-state index is -1.19. The summed E-state index contributed by atoms with van der Waals surface area (Å²) in [6, 6.07) is 7.90. The van der Waals surface area contributed by atoms with Gasteiger partial charge in [-0.3, -0.25) is 9.69 Å². The van der Waals surface area contributed by atoms with E-state index in [0.29, 0.717) is 6.42 Å². The van der Waals surface area contributed by atoms with E-state index in [-0.39, 0.29) is 5.88 Å². The van der Waals surface area contributed by atoms with Crippen molar-refractivity contribution in [2.75, 3.05) is 12.9 Å². The third-order valence-electron chi connectivity index (χ3n) is 4.01. The van der Waals surface area contributed by atoms with Crippen molar-refractivity contribution in [1.82, 2.24) is 10.2 Å². The highest BCUT2D eigenvalue weighted by Crippen LogP contribution is 2.24. The number of carbonyl (C=O) groups is 2. The molecule has 0 spiro atoms. The molecule has 1 aromatic carbocycles. The Kier molecular flexibility index (Phi) is 7.70. The van der Waals surface area contributed by atoms with Gasteiger partial charge in [-0.15, -0.1) is 11.6 Å². The quantitative estimate of drug-likeness (QED) is 0.642. The molecule has 0 saturated heterocycles. The van der Waals surface area contributed by atoms with Crippen LogP contribution in [0.1, 0.15) is 26.3 Å². The highest BCUT2D eigenvalue weighted by Gasteiger charge is 2.38. The summed E-state index contributed by atoms with van der Waals surface area (Å²) in [5.41, 5.74) is 0.330. The average Bonchev–Trinajstić information content (AvgIpc) is 2.53. The maximum Gasteiger partial charge on any atom is 0.407 e. The van der Waals surface area contributed by atoms with Crippen molar-refractivity contribution in [2.24, 2.45) is 5.41 Å². The lowest BCUT2D eigenvalue weighted by Crippen LogP contribution is -2.58. The van der Waals surface area contributed by atoms with Crippen LogP contribution in [0.4, 0.5) is 4.79 Å². The summed E-state index contributed by atoms with van der Waals surface area (Å²) in [4.78, 5) is 25.1. The maximum atomic E-state index is 12.8. The Balaban J connectivity index is 3.00. The fourth-order valence-electron chi connectivity index (χ4n) is 2.78. The summed E-state index contributed by atoms with van der Waals surface area (Å²) in [6.45, 7) is 5.38. The molecule has 0 saturated carbocycles. The molecule has 0 aliphatic carbocycles. The predicted molar refractivity (Wildman–Crippen MR) is 97.8 cm³/mol. The van der Waals surface area contributed by atoms with Crippen molar-refractivity contribution in [3.8, 4) is 0 Å². The van der Waals surface area contributed by atoms with E-state index in [0.717, 1.165) is 10.5 Å². The van der Waals surface area contributed by atoms with Gasteiger partial charge in [-0.05, 0) is 17.4 Å². The average molecular weight is 371 g/mol. The molecule has 0 aliphatic rings. The number of aliphatic hydroxyl groups excluding tert-OH is 1. The van der Waals surface area contributed by atoms with Crippen molar-refractivity contribution >= 4 is 23.6 Å². The first-order chi connectivity index (χ1) is 11.6. The van der Waals surface area contributed by atoms with E-state index in [1.165, 1.54) is 7.05 Å². The molecule has 25 heavy (non-hydrogen) atoms. The van der Waals surface area contributed by atoms with Gasteiger partial charge in [-0.2, -0.15) is 0 Å². The fraction of sp³-hybridized carbons (Fsp3) is 0.556. The predicted octanol–water partition coefficient (Wildman–Crippen LogP) is 2.34. The number of nitrogens with zero attached hydrogens (tertiary/aromatic N) is 1. The molecule has 1 rings (SSSR count). The molecule has 6 nitrogen and oxygen atoms in total. The lowest BCUT2D eigenvalue weighted by atomic mass is 9.85. The van der Waals surface area contributed by atoms with Gasteiger partial charge in [0, 0.05) is 7.05 Å². The molecule has 3 N–H and O–H groups in total. The van der Waals surface area contributed by atoms with Gasteiger partial charge in [-0.25, -0.2) is 4.79 Å². The van der Waals surface area contributed by atoms with Crippen molar-refractivity contribution in [3.05, 3.63) is 35.9 Å². The molecule has 0 bridgehead atoms. The van der Waals surface area contributed by atoms with E-state index >= 15 is 0 Å². The summed E-state index contributed by atoms with van der Waals surface area (Å²) < 4.78 is 0. The standard InChI is InChI=1S/C18H27ClN2O4/c1-18(2,3)15(21(4)17(24)25)16(23)20-13(14(22)11-19)10-12-8-6-5-7-9-12/h5-9,13-15,22H,10-11H2,1-4H3,(H,20,23)(H,24,25)/t13-,14-,15+/m0/s1. The second-order valence-electron chi connectivity index (χ2n) is 7.19. The third-order valence-corrected chi connectivity index (χ3v) is 4.32. The zero-order valence-electron chi connectivity index (χ0n) is 15.1. The van der Waals surface area contributed by atoms with Crippen molar-refractivity contribution in [1.29, 1.82) is 0 Å². The van der Waals surface area contributed by atoms with E-state index in [2.05, 4.69) is 5.32 Å². The van der Waals surface area contributed by atoms with Gasteiger partial charge in [0.1, 0.15) is 6.04 Å². The number of alkyl halides is 1. The largest absolute Gasteiger partial charge is 0.465 e. The first-order valence-electron chi connectivity index (χ1n) is 8.12. The van der Waals surface area contributed by atoms with Gasteiger partial charge in [0.2, 0.25) is 5.91 Å². The number of amides is 2. The van der Waals surface area contributed by atoms with E-state index < -0.39 is 35.6 Å². The van der Waals surface area contributed by atoms with Gasteiger partial charge in [0.25, 0.3) is 0 Å². The normalized spacial score (nSPS) is 15.1. The summed E-state index contributed by atoms with van der Waals surface area (Å²) in [5, 5.41) is 22.2. The zero-order chi connectivity index (χ0) is 19.2.